The zero-order chi connectivity index (χ0) is 24.9. The summed E-state index contributed by atoms with van der Waals surface area (Å²) < 4.78 is 0. The Morgan fingerprint density at radius 2 is 1.51 bits per heavy atom. The predicted octanol–water partition coefficient (Wildman–Crippen LogP) is 5.78. The van der Waals surface area contributed by atoms with Crippen LogP contribution in [0.4, 0.5) is 0 Å². The maximum Gasteiger partial charge on any atom is 0.243 e. The number of unbranched alkanes of at least 4 members (excludes halogenated alkanes) is 1. The number of thioether (sulfide) groups is 1. The summed E-state index contributed by atoms with van der Waals surface area (Å²) in [5.74, 6) is 0.993. The van der Waals surface area contributed by atoms with Crippen LogP contribution in [-0.2, 0) is 28.3 Å². The molecule has 0 aliphatic rings. The first kappa shape index (κ1) is 26.6. The van der Waals surface area contributed by atoms with Gasteiger partial charge in [-0.2, -0.15) is 0 Å². The summed E-state index contributed by atoms with van der Waals surface area (Å²) in [5.41, 5.74) is 4.52. The van der Waals surface area contributed by atoms with Crippen LogP contribution in [0.5, 0.6) is 0 Å². The summed E-state index contributed by atoms with van der Waals surface area (Å²) in [6.07, 6.45) is 2.41. The third kappa shape index (κ3) is 8.59. The second kappa shape index (κ2) is 14.4. The molecule has 0 spiro atoms. The molecule has 0 heterocycles. The average molecular weight is 489 g/mol. The quantitative estimate of drug-likeness (QED) is 0.310. The lowest BCUT2D eigenvalue weighted by Gasteiger charge is -2.31. The summed E-state index contributed by atoms with van der Waals surface area (Å²) in [6, 6.07) is 27.6. The first-order chi connectivity index (χ1) is 17.1. The van der Waals surface area contributed by atoms with Crippen LogP contribution in [-0.4, -0.2) is 35.1 Å². The number of nitrogens with zero attached hydrogens (tertiary/aromatic N) is 1. The topological polar surface area (TPSA) is 49.4 Å². The number of carbonyl (C=O) groups is 2. The summed E-state index contributed by atoms with van der Waals surface area (Å²) in [7, 11) is 0. The molecule has 0 saturated heterocycles. The van der Waals surface area contributed by atoms with Crippen LogP contribution in [0.1, 0.15) is 42.0 Å². The number of hydrogen-bond acceptors (Lipinski definition) is 3. The normalized spacial score (nSPS) is 11.6. The maximum absolute atomic E-state index is 13.6. The second-order valence-electron chi connectivity index (χ2n) is 8.78. The van der Waals surface area contributed by atoms with Crippen LogP contribution in [0, 0.1) is 6.92 Å². The molecule has 4 nitrogen and oxygen atoms in total. The number of carbonyl (C=O) groups excluding carboxylic acids is 2. The van der Waals surface area contributed by atoms with Crippen LogP contribution >= 0.6 is 11.8 Å². The molecular weight excluding hydrogens is 452 g/mol. The van der Waals surface area contributed by atoms with E-state index in [4.69, 9.17) is 0 Å². The van der Waals surface area contributed by atoms with Crippen LogP contribution in [0.3, 0.4) is 0 Å². The molecule has 5 heteroatoms. The van der Waals surface area contributed by atoms with Crippen molar-refractivity contribution in [3.05, 3.63) is 107 Å². The maximum atomic E-state index is 13.6. The third-order valence-electron chi connectivity index (χ3n) is 6.04. The molecule has 3 aromatic carbocycles. The molecule has 0 radical (unpaired) electrons. The van der Waals surface area contributed by atoms with Gasteiger partial charge < -0.3 is 10.2 Å². The van der Waals surface area contributed by atoms with Crippen LogP contribution in [0.2, 0.25) is 0 Å². The molecule has 1 unspecified atom stereocenters. The van der Waals surface area contributed by atoms with Gasteiger partial charge in [0, 0.05) is 25.3 Å². The van der Waals surface area contributed by atoms with Gasteiger partial charge in [-0.3, -0.25) is 9.59 Å². The van der Waals surface area contributed by atoms with Gasteiger partial charge in [-0.05, 0) is 35.6 Å². The van der Waals surface area contributed by atoms with E-state index in [-0.39, 0.29) is 11.8 Å². The summed E-state index contributed by atoms with van der Waals surface area (Å²) in [6.45, 7) is 5.22. The second-order valence-corrected chi connectivity index (χ2v) is 9.76. The smallest absolute Gasteiger partial charge is 0.243 e. The lowest BCUT2D eigenvalue weighted by atomic mass is 10.0. The van der Waals surface area contributed by atoms with E-state index in [9.17, 15) is 9.59 Å². The Balaban J connectivity index is 1.81. The number of amides is 2. The molecule has 35 heavy (non-hydrogen) atoms. The molecule has 3 rings (SSSR count). The fourth-order valence-corrected chi connectivity index (χ4v) is 4.93. The number of hydrogen-bond donors (Lipinski definition) is 1. The van der Waals surface area contributed by atoms with Gasteiger partial charge in [0.1, 0.15) is 6.04 Å². The van der Waals surface area contributed by atoms with Crippen molar-refractivity contribution in [1.82, 2.24) is 10.2 Å². The lowest BCUT2D eigenvalue weighted by molar-refractivity contribution is -0.139. The van der Waals surface area contributed by atoms with Gasteiger partial charge in [-0.15, -0.1) is 11.8 Å². The minimum absolute atomic E-state index is 0.0148. The number of nitrogens with one attached hydrogen (secondary N) is 1. The molecular formula is C30H36N2O2S. The molecule has 0 aliphatic heterocycles. The highest BCUT2D eigenvalue weighted by atomic mass is 32.2. The van der Waals surface area contributed by atoms with E-state index in [1.807, 2.05) is 72.8 Å². The van der Waals surface area contributed by atoms with Crippen molar-refractivity contribution in [3.63, 3.8) is 0 Å². The van der Waals surface area contributed by atoms with Gasteiger partial charge in [-0.25, -0.2) is 0 Å². The van der Waals surface area contributed by atoms with E-state index >= 15 is 0 Å². The fraction of sp³-hybridized carbons (Fsp3) is 0.333. The molecule has 1 atom stereocenters. The predicted molar refractivity (Wildman–Crippen MR) is 146 cm³/mol. The standard InChI is InChI=1S/C30H36N2O2S/c1-3-4-19-31-30(34)28(20-25-14-7-5-8-15-25)32(21-26-16-9-6-10-17-26)29(33)23-35-22-27-18-12-11-13-24(27)2/h5-18,28H,3-4,19-23H2,1-2H3,(H,31,34). The first-order valence-corrected chi connectivity index (χ1v) is 13.5. The molecule has 184 valence electrons. The Bertz CT molecular complexity index is 1060. The van der Waals surface area contributed by atoms with Crippen LogP contribution in [0.25, 0.3) is 0 Å². The van der Waals surface area contributed by atoms with Crippen molar-refractivity contribution in [2.75, 3.05) is 12.3 Å². The summed E-state index contributed by atoms with van der Waals surface area (Å²) >= 11 is 1.60. The zero-order valence-electron chi connectivity index (χ0n) is 20.8. The van der Waals surface area contributed by atoms with Crippen molar-refractivity contribution in [2.24, 2.45) is 0 Å². The van der Waals surface area contributed by atoms with E-state index in [0.717, 1.165) is 29.7 Å². The number of benzene rings is 3. The van der Waals surface area contributed by atoms with Gasteiger partial charge in [0.15, 0.2) is 0 Å². The summed E-state index contributed by atoms with van der Waals surface area (Å²) in [5, 5.41) is 3.07. The van der Waals surface area contributed by atoms with Crippen LogP contribution < -0.4 is 5.32 Å². The van der Waals surface area contributed by atoms with E-state index in [1.165, 1.54) is 11.1 Å². The van der Waals surface area contributed by atoms with Crippen molar-refractivity contribution in [1.29, 1.82) is 0 Å². The Hall–Kier alpha value is -3.05. The number of aryl methyl sites for hydroxylation is 1. The van der Waals surface area contributed by atoms with Gasteiger partial charge in [-0.1, -0.05) is 98.3 Å². The van der Waals surface area contributed by atoms with Gasteiger partial charge in [0.2, 0.25) is 11.8 Å². The Labute approximate surface area is 214 Å². The van der Waals surface area contributed by atoms with Crippen molar-refractivity contribution in [3.8, 4) is 0 Å². The Morgan fingerprint density at radius 1 is 0.886 bits per heavy atom. The van der Waals surface area contributed by atoms with E-state index in [1.54, 1.807) is 16.7 Å². The molecule has 0 fully saturated rings. The molecule has 1 N–H and O–H groups in total. The molecule has 0 bridgehead atoms. The Kier molecular flexibility index (Phi) is 10.9. The van der Waals surface area contributed by atoms with Gasteiger partial charge in [0.25, 0.3) is 0 Å². The SMILES string of the molecule is CCCCNC(=O)C(Cc1ccccc1)N(Cc1ccccc1)C(=O)CSCc1ccccc1C. The molecule has 0 aromatic heterocycles. The van der Waals surface area contributed by atoms with Crippen molar-refractivity contribution in [2.45, 2.75) is 51.4 Å². The van der Waals surface area contributed by atoms with Crippen molar-refractivity contribution >= 4 is 23.6 Å². The number of rotatable bonds is 13. The molecule has 2 amide bonds. The summed E-state index contributed by atoms with van der Waals surface area (Å²) in [4.78, 5) is 28.8. The van der Waals surface area contributed by atoms with Crippen LogP contribution in [0.15, 0.2) is 84.9 Å². The molecule has 0 saturated carbocycles. The monoisotopic (exact) mass is 488 g/mol. The van der Waals surface area contributed by atoms with E-state index in [2.05, 4.69) is 31.3 Å². The van der Waals surface area contributed by atoms with E-state index in [0.29, 0.717) is 25.3 Å². The lowest BCUT2D eigenvalue weighted by Crippen LogP contribution is -2.51. The fourth-order valence-electron chi connectivity index (χ4n) is 3.94. The third-order valence-corrected chi connectivity index (χ3v) is 7.01. The zero-order valence-corrected chi connectivity index (χ0v) is 21.6. The highest BCUT2D eigenvalue weighted by molar-refractivity contribution is 7.99. The van der Waals surface area contributed by atoms with Gasteiger partial charge >= 0.3 is 0 Å². The Morgan fingerprint density at radius 3 is 2.17 bits per heavy atom. The largest absolute Gasteiger partial charge is 0.354 e. The first-order valence-electron chi connectivity index (χ1n) is 12.4. The highest BCUT2D eigenvalue weighted by Crippen LogP contribution is 2.20. The minimum atomic E-state index is -0.568. The average Bonchev–Trinajstić information content (AvgIpc) is 2.88. The molecule has 3 aromatic rings. The highest BCUT2D eigenvalue weighted by Gasteiger charge is 2.30. The molecule has 0 aliphatic carbocycles. The van der Waals surface area contributed by atoms with Crippen molar-refractivity contribution < 1.29 is 9.59 Å². The van der Waals surface area contributed by atoms with E-state index < -0.39 is 6.04 Å². The minimum Gasteiger partial charge on any atom is -0.354 e. The van der Waals surface area contributed by atoms with Gasteiger partial charge in [0.05, 0.1) is 5.75 Å².